The molecule has 0 saturated heterocycles. The molecule has 116 valence electrons. The topological polar surface area (TPSA) is 38.3 Å². The van der Waals surface area contributed by atoms with Crippen LogP contribution in [0.4, 0.5) is 4.39 Å². The number of carbonyl (C=O) groups is 1. The fraction of sp³-hybridized carbons (Fsp3) is 0.562. The van der Waals surface area contributed by atoms with E-state index in [0.717, 1.165) is 12.5 Å². The van der Waals surface area contributed by atoms with E-state index in [9.17, 15) is 9.18 Å². The minimum Gasteiger partial charge on any atom is -0.376 e. The summed E-state index contributed by atoms with van der Waals surface area (Å²) in [5.41, 5.74) is 0.00503. The maximum absolute atomic E-state index is 13.6. The first kappa shape index (κ1) is 16.2. The highest BCUT2D eigenvalue weighted by molar-refractivity contribution is 6.30. The SMILES string of the molecule is C[C@H]1CCCC[C@@H]1OCCNC(=O)c1ccc(Cl)cc1F. The van der Waals surface area contributed by atoms with Crippen LogP contribution in [0.1, 0.15) is 43.0 Å². The van der Waals surface area contributed by atoms with Crippen molar-refractivity contribution >= 4 is 17.5 Å². The van der Waals surface area contributed by atoms with Crippen molar-refractivity contribution in [3.8, 4) is 0 Å². The normalized spacial score (nSPS) is 22.0. The van der Waals surface area contributed by atoms with E-state index in [1.165, 1.54) is 31.4 Å². The van der Waals surface area contributed by atoms with E-state index < -0.39 is 11.7 Å². The minimum atomic E-state index is -0.609. The first-order valence-corrected chi connectivity index (χ1v) is 7.80. The highest BCUT2D eigenvalue weighted by Gasteiger charge is 2.21. The lowest BCUT2D eigenvalue weighted by atomic mass is 9.88. The van der Waals surface area contributed by atoms with Gasteiger partial charge in [-0.1, -0.05) is 31.4 Å². The van der Waals surface area contributed by atoms with E-state index >= 15 is 0 Å². The molecule has 0 aromatic heterocycles. The summed E-state index contributed by atoms with van der Waals surface area (Å²) in [6.45, 7) is 3.03. The van der Waals surface area contributed by atoms with Crippen LogP contribution in [0.2, 0.25) is 5.02 Å². The molecule has 1 N–H and O–H groups in total. The standard InChI is InChI=1S/C16H21ClFNO2/c1-11-4-2-3-5-15(11)21-9-8-19-16(20)13-7-6-12(17)10-14(13)18/h6-7,10-11,15H,2-5,8-9H2,1H3,(H,19,20)/t11-,15-/m0/s1. The van der Waals surface area contributed by atoms with E-state index in [1.54, 1.807) is 0 Å². The number of amides is 1. The van der Waals surface area contributed by atoms with Crippen molar-refractivity contribution in [2.45, 2.75) is 38.7 Å². The highest BCUT2D eigenvalue weighted by atomic mass is 35.5. The van der Waals surface area contributed by atoms with E-state index in [0.29, 0.717) is 19.1 Å². The van der Waals surface area contributed by atoms with Crippen LogP contribution < -0.4 is 5.32 Å². The fourth-order valence-corrected chi connectivity index (χ4v) is 2.83. The zero-order valence-electron chi connectivity index (χ0n) is 12.2. The van der Waals surface area contributed by atoms with Crippen molar-refractivity contribution in [2.75, 3.05) is 13.2 Å². The Kier molecular flexibility index (Phi) is 6.00. The fourth-order valence-electron chi connectivity index (χ4n) is 2.67. The van der Waals surface area contributed by atoms with Crippen LogP contribution in [0.25, 0.3) is 0 Å². The molecule has 1 aromatic carbocycles. The number of benzene rings is 1. The molecule has 1 aliphatic carbocycles. The van der Waals surface area contributed by atoms with Gasteiger partial charge in [0.05, 0.1) is 18.3 Å². The molecular weight excluding hydrogens is 293 g/mol. The van der Waals surface area contributed by atoms with Crippen molar-refractivity contribution in [1.29, 1.82) is 0 Å². The van der Waals surface area contributed by atoms with Gasteiger partial charge in [0.25, 0.3) is 5.91 Å². The van der Waals surface area contributed by atoms with Crippen LogP contribution in [0, 0.1) is 11.7 Å². The lowest BCUT2D eigenvalue weighted by Crippen LogP contribution is -2.32. The third-order valence-corrected chi connectivity index (χ3v) is 4.16. The smallest absolute Gasteiger partial charge is 0.254 e. The van der Waals surface area contributed by atoms with E-state index in [2.05, 4.69) is 12.2 Å². The van der Waals surface area contributed by atoms with Crippen molar-refractivity contribution < 1.29 is 13.9 Å². The first-order valence-electron chi connectivity index (χ1n) is 7.43. The van der Waals surface area contributed by atoms with E-state index in [-0.39, 0.29) is 16.7 Å². The van der Waals surface area contributed by atoms with Gasteiger partial charge in [-0.05, 0) is 37.0 Å². The Balaban J connectivity index is 1.74. The predicted molar refractivity (Wildman–Crippen MR) is 81.1 cm³/mol. The second-order valence-corrected chi connectivity index (χ2v) is 5.99. The Hall–Kier alpha value is -1.13. The van der Waals surface area contributed by atoms with Gasteiger partial charge in [0.1, 0.15) is 5.82 Å². The zero-order valence-corrected chi connectivity index (χ0v) is 13.0. The maximum atomic E-state index is 13.6. The lowest BCUT2D eigenvalue weighted by Gasteiger charge is -2.28. The summed E-state index contributed by atoms with van der Waals surface area (Å²) in [6, 6.07) is 4.02. The van der Waals surface area contributed by atoms with Crippen LogP contribution >= 0.6 is 11.6 Å². The summed E-state index contributed by atoms with van der Waals surface area (Å²) in [5.74, 6) is -0.477. The molecule has 3 nitrogen and oxygen atoms in total. The number of ether oxygens (including phenoxy) is 1. The van der Waals surface area contributed by atoms with Crippen molar-refractivity contribution in [2.24, 2.45) is 5.92 Å². The third kappa shape index (κ3) is 4.68. The van der Waals surface area contributed by atoms with Gasteiger partial charge in [0, 0.05) is 11.6 Å². The number of hydrogen-bond donors (Lipinski definition) is 1. The minimum absolute atomic E-state index is 0.00503. The molecule has 0 spiro atoms. The van der Waals surface area contributed by atoms with Gasteiger partial charge in [0.15, 0.2) is 0 Å². The molecule has 0 heterocycles. The lowest BCUT2D eigenvalue weighted by molar-refractivity contribution is -0.00295. The molecule has 1 aromatic rings. The largest absolute Gasteiger partial charge is 0.376 e. The quantitative estimate of drug-likeness (QED) is 0.840. The Bertz CT molecular complexity index is 495. The predicted octanol–water partition coefficient (Wildman–Crippen LogP) is 3.80. The van der Waals surface area contributed by atoms with Crippen molar-refractivity contribution in [3.05, 3.63) is 34.6 Å². The summed E-state index contributed by atoms with van der Waals surface area (Å²) in [7, 11) is 0. The van der Waals surface area contributed by atoms with Gasteiger partial charge in [-0.15, -0.1) is 0 Å². The van der Waals surface area contributed by atoms with Gasteiger partial charge in [-0.25, -0.2) is 4.39 Å². The third-order valence-electron chi connectivity index (χ3n) is 3.93. The maximum Gasteiger partial charge on any atom is 0.254 e. The summed E-state index contributed by atoms with van der Waals surface area (Å²) in [5, 5.41) is 2.94. The molecule has 1 amide bonds. The van der Waals surface area contributed by atoms with Gasteiger partial charge >= 0.3 is 0 Å². The molecule has 21 heavy (non-hydrogen) atoms. The molecule has 1 saturated carbocycles. The van der Waals surface area contributed by atoms with Gasteiger partial charge in [0.2, 0.25) is 0 Å². The number of hydrogen-bond acceptors (Lipinski definition) is 2. The number of nitrogens with one attached hydrogen (secondary N) is 1. The molecule has 1 aliphatic rings. The summed E-state index contributed by atoms with van der Waals surface area (Å²) < 4.78 is 19.4. The monoisotopic (exact) mass is 313 g/mol. The van der Waals surface area contributed by atoms with E-state index in [4.69, 9.17) is 16.3 Å². The Morgan fingerprint density at radius 3 is 2.90 bits per heavy atom. The van der Waals surface area contributed by atoms with Crippen LogP contribution in [-0.2, 0) is 4.74 Å². The van der Waals surface area contributed by atoms with Crippen LogP contribution in [0.3, 0.4) is 0 Å². The zero-order chi connectivity index (χ0) is 15.2. The summed E-state index contributed by atoms with van der Waals surface area (Å²) >= 11 is 5.66. The molecule has 0 radical (unpaired) electrons. The van der Waals surface area contributed by atoms with Crippen LogP contribution in [0.5, 0.6) is 0 Å². The Morgan fingerprint density at radius 1 is 1.43 bits per heavy atom. The summed E-state index contributed by atoms with van der Waals surface area (Å²) in [6.07, 6.45) is 5.04. The Morgan fingerprint density at radius 2 is 2.19 bits per heavy atom. The number of halogens is 2. The summed E-state index contributed by atoms with van der Waals surface area (Å²) in [4.78, 5) is 11.8. The average Bonchev–Trinajstić information content (AvgIpc) is 2.45. The van der Waals surface area contributed by atoms with Crippen LogP contribution in [0.15, 0.2) is 18.2 Å². The molecular formula is C16H21ClFNO2. The second kappa shape index (κ2) is 7.76. The highest BCUT2D eigenvalue weighted by Crippen LogP contribution is 2.26. The van der Waals surface area contributed by atoms with E-state index in [1.807, 2.05) is 0 Å². The van der Waals surface area contributed by atoms with Crippen molar-refractivity contribution in [3.63, 3.8) is 0 Å². The van der Waals surface area contributed by atoms with Gasteiger partial charge in [-0.2, -0.15) is 0 Å². The van der Waals surface area contributed by atoms with Gasteiger partial charge in [-0.3, -0.25) is 4.79 Å². The molecule has 1 fully saturated rings. The number of rotatable bonds is 5. The Labute approximate surface area is 129 Å². The molecule has 2 atom stereocenters. The second-order valence-electron chi connectivity index (χ2n) is 5.55. The first-order chi connectivity index (χ1) is 10.1. The average molecular weight is 314 g/mol. The van der Waals surface area contributed by atoms with Gasteiger partial charge < -0.3 is 10.1 Å². The number of carbonyl (C=O) groups excluding carboxylic acids is 1. The molecule has 5 heteroatoms. The van der Waals surface area contributed by atoms with Crippen molar-refractivity contribution in [1.82, 2.24) is 5.32 Å². The molecule has 0 aliphatic heterocycles. The molecule has 0 unspecified atom stereocenters. The molecule has 0 bridgehead atoms. The van der Waals surface area contributed by atoms with Crippen LogP contribution in [-0.4, -0.2) is 25.2 Å². The molecule has 2 rings (SSSR count).